The van der Waals surface area contributed by atoms with Gasteiger partial charge >= 0.3 is 12.1 Å². The van der Waals surface area contributed by atoms with E-state index in [9.17, 15) is 23.1 Å². The number of fused-ring (bicyclic) bond motifs is 1. The lowest BCUT2D eigenvalue weighted by molar-refractivity contribution is -0.137. The molecule has 0 aliphatic heterocycles. The molecular formula is C16H11F3N2O3. The zero-order chi connectivity index (χ0) is 17.5. The predicted molar refractivity (Wildman–Crippen MR) is 80.0 cm³/mol. The first-order valence-electron chi connectivity index (χ1n) is 6.79. The lowest BCUT2D eigenvalue weighted by atomic mass is 10.1. The average Bonchev–Trinajstić information content (AvgIpc) is 2.96. The maximum Gasteiger partial charge on any atom is 0.417 e. The molecule has 8 heteroatoms. The molecule has 0 fully saturated rings. The average molecular weight is 336 g/mol. The van der Waals surface area contributed by atoms with E-state index in [1.165, 1.54) is 37.4 Å². The Balaban J connectivity index is 2.27. The highest BCUT2D eigenvalue weighted by molar-refractivity contribution is 6.02. The van der Waals surface area contributed by atoms with E-state index in [0.717, 1.165) is 6.07 Å². The van der Waals surface area contributed by atoms with E-state index in [1.54, 1.807) is 0 Å². The number of carboxylic acids is 1. The number of aromatic amines is 1. The molecule has 0 saturated carbocycles. The van der Waals surface area contributed by atoms with Crippen molar-refractivity contribution in [2.75, 3.05) is 7.11 Å². The van der Waals surface area contributed by atoms with E-state index >= 15 is 0 Å². The summed E-state index contributed by atoms with van der Waals surface area (Å²) in [5.41, 5.74) is -0.824. The Morgan fingerprint density at radius 2 is 1.96 bits per heavy atom. The van der Waals surface area contributed by atoms with Crippen molar-refractivity contribution in [2.45, 2.75) is 6.18 Å². The Kier molecular flexibility index (Phi) is 3.67. The smallest absolute Gasteiger partial charge is 0.417 e. The van der Waals surface area contributed by atoms with Crippen molar-refractivity contribution in [3.8, 4) is 17.1 Å². The normalized spacial score (nSPS) is 11.7. The Labute approximate surface area is 133 Å². The quantitative estimate of drug-likeness (QED) is 0.759. The van der Waals surface area contributed by atoms with Gasteiger partial charge in [-0.1, -0.05) is 18.2 Å². The third-order valence-electron chi connectivity index (χ3n) is 3.51. The second kappa shape index (κ2) is 5.55. The topological polar surface area (TPSA) is 75.2 Å². The fourth-order valence-corrected chi connectivity index (χ4v) is 2.44. The van der Waals surface area contributed by atoms with E-state index in [4.69, 9.17) is 4.74 Å². The number of carboxylic acid groups (broad SMARTS) is 1. The predicted octanol–water partition coefficient (Wildman–Crippen LogP) is 3.96. The van der Waals surface area contributed by atoms with Gasteiger partial charge in [0.2, 0.25) is 0 Å². The number of aromatic nitrogens is 2. The molecule has 1 heterocycles. The van der Waals surface area contributed by atoms with Gasteiger partial charge in [-0.25, -0.2) is 9.78 Å². The molecule has 0 bridgehead atoms. The number of alkyl halides is 3. The molecule has 3 aromatic rings. The van der Waals surface area contributed by atoms with Crippen LogP contribution in [-0.4, -0.2) is 28.2 Å². The van der Waals surface area contributed by atoms with Crippen molar-refractivity contribution in [2.24, 2.45) is 0 Å². The van der Waals surface area contributed by atoms with Gasteiger partial charge in [0, 0.05) is 11.6 Å². The first kappa shape index (κ1) is 15.9. The maximum atomic E-state index is 13.2. The fraction of sp³-hybridized carbons (Fsp3) is 0.125. The molecule has 0 aliphatic carbocycles. The van der Waals surface area contributed by atoms with Crippen LogP contribution in [0.3, 0.4) is 0 Å². The summed E-state index contributed by atoms with van der Waals surface area (Å²) in [5.74, 6) is -1.05. The van der Waals surface area contributed by atoms with Crippen molar-refractivity contribution < 1.29 is 27.8 Å². The first-order valence-corrected chi connectivity index (χ1v) is 6.79. The second-order valence-corrected chi connectivity index (χ2v) is 5.01. The zero-order valence-corrected chi connectivity index (χ0v) is 12.3. The molecule has 2 N–H and O–H groups in total. The third-order valence-corrected chi connectivity index (χ3v) is 3.51. The molecule has 3 rings (SSSR count). The minimum absolute atomic E-state index is 0.0614. The SMILES string of the molecule is COc1cc(C(=O)O)c2nc(-c3ccccc3C(F)(F)F)[nH]c2c1. The minimum atomic E-state index is -4.55. The molecule has 24 heavy (non-hydrogen) atoms. The Bertz CT molecular complexity index is 932. The molecule has 0 saturated heterocycles. The summed E-state index contributed by atoms with van der Waals surface area (Å²) in [6, 6.07) is 7.70. The number of rotatable bonds is 3. The molecular weight excluding hydrogens is 325 g/mol. The largest absolute Gasteiger partial charge is 0.497 e. The standard InChI is InChI=1S/C16H11F3N2O3/c1-24-8-6-10(15(22)23)13-12(7-8)20-14(21-13)9-4-2-3-5-11(9)16(17,18)19/h2-7H,1H3,(H,20,21)(H,22,23). The lowest BCUT2D eigenvalue weighted by Gasteiger charge is -2.10. The second-order valence-electron chi connectivity index (χ2n) is 5.01. The monoisotopic (exact) mass is 336 g/mol. The molecule has 0 unspecified atom stereocenters. The number of methoxy groups -OCH3 is 1. The Hall–Kier alpha value is -3.03. The number of nitrogens with one attached hydrogen (secondary N) is 1. The summed E-state index contributed by atoms with van der Waals surface area (Å²) in [4.78, 5) is 18.2. The van der Waals surface area contributed by atoms with Crippen LogP contribution in [0.2, 0.25) is 0 Å². The van der Waals surface area contributed by atoms with E-state index in [0.29, 0.717) is 0 Å². The van der Waals surface area contributed by atoms with Crippen LogP contribution in [0.5, 0.6) is 5.75 Å². The number of H-pyrrole nitrogens is 1. The number of hydrogen-bond acceptors (Lipinski definition) is 3. The molecule has 124 valence electrons. The van der Waals surface area contributed by atoms with Gasteiger partial charge in [0.05, 0.1) is 23.8 Å². The van der Waals surface area contributed by atoms with Gasteiger partial charge in [0.1, 0.15) is 17.1 Å². The molecule has 5 nitrogen and oxygen atoms in total. The summed E-state index contributed by atoms with van der Waals surface area (Å²) in [6.07, 6.45) is -4.55. The minimum Gasteiger partial charge on any atom is -0.497 e. The molecule has 0 spiro atoms. The zero-order valence-electron chi connectivity index (χ0n) is 12.3. The van der Waals surface area contributed by atoms with E-state index in [2.05, 4.69) is 9.97 Å². The number of ether oxygens (including phenoxy) is 1. The van der Waals surface area contributed by atoms with Crippen LogP contribution in [0.1, 0.15) is 15.9 Å². The van der Waals surface area contributed by atoms with Gasteiger partial charge in [-0.3, -0.25) is 0 Å². The number of nitrogens with zero attached hydrogens (tertiary/aromatic N) is 1. The summed E-state index contributed by atoms with van der Waals surface area (Å²) in [5, 5.41) is 9.28. The molecule has 0 amide bonds. The third kappa shape index (κ3) is 2.66. The molecule has 2 aromatic carbocycles. The summed E-state index contributed by atoms with van der Waals surface area (Å²) < 4.78 is 44.5. The van der Waals surface area contributed by atoms with Gasteiger partial charge < -0.3 is 14.8 Å². The van der Waals surface area contributed by atoms with Crippen molar-refractivity contribution >= 4 is 17.0 Å². The van der Waals surface area contributed by atoms with E-state index < -0.39 is 17.7 Å². The van der Waals surface area contributed by atoms with Gasteiger partial charge in [-0.05, 0) is 12.1 Å². The van der Waals surface area contributed by atoms with Crippen LogP contribution in [0, 0.1) is 0 Å². The van der Waals surface area contributed by atoms with Gasteiger partial charge in [0.15, 0.2) is 0 Å². The van der Waals surface area contributed by atoms with Gasteiger partial charge in [0.25, 0.3) is 0 Å². The Morgan fingerprint density at radius 3 is 2.58 bits per heavy atom. The van der Waals surface area contributed by atoms with E-state index in [-0.39, 0.29) is 33.7 Å². The van der Waals surface area contributed by atoms with Crippen LogP contribution in [-0.2, 0) is 6.18 Å². The number of benzene rings is 2. The van der Waals surface area contributed by atoms with Crippen molar-refractivity contribution in [3.63, 3.8) is 0 Å². The maximum absolute atomic E-state index is 13.2. The fourth-order valence-electron chi connectivity index (χ4n) is 2.44. The number of imidazole rings is 1. The van der Waals surface area contributed by atoms with Crippen LogP contribution < -0.4 is 4.74 Å². The summed E-state index contributed by atoms with van der Waals surface area (Å²) in [7, 11) is 1.36. The summed E-state index contributed by atoms with van der Waals surface area (Å²) >= 11 is 0. The van der Waals surface area contributed by atoms with Crippen LogP contribution in [0.4, 0.5) is 13.2 Å². The number of halogens is 3. The van der Waals surface area contributed by atoms with Crippen LogP contribution >= 0.6 is 0 Å². The van der Waals surface area contributed by atoms with Crippen molar-refractivity contribution in [1.29, 1.82) is 0 Å². The molecule has 1 aromatic heterocycles. The number of hydrogen-bond donors (Lipinski definition) is 2. The highest BCUT2D eigenvalue weighted by Crippen LogP contribution is 2.37. The highest BCUT2D eigenvalue weighted by Gasteiger charge is 2.34. The first-order chi connectivity index (χ1) is 11.3. The lowest BCUT2D eigenvalue weighted by Crippen LogP contribution is -2.07. The molecule has 0 aliphatic rings. The number of aromatic carboxylic acids is 1. The highest BCUT2D eigenvalue weighted by atomic mass is 19.4. The number of carbonyl (C=O) groups is 1. The van der Waals surface area contributed by atoms with Crippen molar-refractivity contribution in [3.05, 3.63) is 47.5 Å². The molecule has 0 atom stereocenters. The van der Waals surface area contributed by atoms with Gasteiger partial charge in [-0.15, -0.1) is 0 Å². The summed E-state index contributed by atoms with van der Waals surface area (Å²) in [6.45, 7) is 0. The van der Waals surface area contributed by atoms with Gasteiger partial charge in [-0.2, -0.15) is 13.2 Å². The van der Waals surface area contributed by atoms with Crippen LogP contribution in [0.25, 0.3) is 22.4 Å². The Morgan fingerprint density at radius 1 is 1.25 bits per heavy atom. The van der Waals surface area contributed by atoms with E-state index in [1.807, 2.05) is 0 Å². The van der Waals surface area contributed by atoms with Crippen LogP contribution in [0.15, 0.2) is 36.4 Å². The molecule has 0 radical (unpaired) electrons. The van der Waals surface area contributed by atoms with Crippen molar-refractivity contribution in [1.82, 2.24) is 9.97 Å².